The molecule has 0 aromatic rings. The molecule has 0 heterocycles. The number of rotatable bonds is 5. The van der Waals surface area contributed by atoms with E-state index in [1.807, 2.05) is 27.7 Å². The normalized spacial score (nSPS) is 16.8. The topological polar surface area (TPSA) is 93.1 Å². The van der Waals surface area contributed by atoms with Gasteiger partial charge in [0, 0.05) is 5.41 Å². The summed E-state index contributed by atoms with van der Waals surface area (Å²) >= 11 is 0. The second-order valence-corrected chi connectivity index (χ2v) is 5.81. The molecule has 0 saturated heterocycles. The molecule has 0 spiro atoms. The molecule has 2 N–H and O–H groups in total. The third-order valence-corrected chi connectivity index (χ3v) is 3.41. The first-order valence-electron chi connectivity index (χ1n) is 5.74. The minimum absolute atomic E-state index is 0.0749. The van der Waals surface area contributed by atoms with Crippen molar-refractivity contribution < 1.29 is 29.6 Å². The molecule has 0 radical (unpaired) electrons. The van der Waals surface area contributed by atoms with Crippen molar-refractivity contribution in [2.45, 2.75) is 47.1 Å². The number of ether oxygens (including phenoxy) is 1. The van der Waals surface area contributed by atoms with E-state index >= 15 is 0 Å². The van der Waals surface area contributed by atoms with Gasteiger partial charge in [0.05, 0.1) is 6.61 Å². The average Bonchev–Trinajstić information content (AvgIpc) is 2.15. The van der Waals surface area contributed by atoms with Crippen LogP contribution in [0.15, 0.2) is 0 Å². The van der Waals surface area contributed by atoms with Gasteiger partial charge < -0.3 is 9.84 Å². The van der Waals surface area contributed by atoms with Gasteiger partial charge in [-0.15, -0.1) is 0 Å². The fourth-order valence-corrected chi connectivity index (χ4v) is 1.63. The van der Waals surface area contributed by atoms with E-state index in [1.165, 1.54) is 0 Å². The molecule has 6 nitrogen and oxygen atoms in total. The highest BCUT2D eigenvalue weighted by molar-refractivity contribution is 6.28. The van der Waals surface area contributed by atoms with E-state index in [0.29, 0.717) is 6.42 Å². The number of carboxylic acid groups (broad SMARTS) is 1. The van der Waals surface area contributed by atoms with Crippen LogP contribution < -0.4 is 0 Å². The predicted octanol–water partition coefficient (Wildman–Crippen LogP) is 1.93. The molecule has 0 fully saturated rings. The average molecular weight is 262 g/mol. The number of esters is 1. The Labute approximate surface area is 107 Å². The van der Waals surface area contributed by atoms with E-state index in [0.717, 1.165) is 0 Å². The van der Waals surface area contributed by atoms with Gasteiger partial charge in [0.2, 0.25) is 0 Å². The summed E-state index contributed by atoms with van der Waals surface area (Å²) in [5, 5.41) is 17.1. The highest BCUT2D eigenvalue weighted by atomic mass is 17.1. The minimum atomic E-state index is -1.61. The maximum atomic E-state index is 10.9. The first kappa shape index (κ1) is 16.9. The summed E-state index contributed by atoms with van der Waals surface area (Å²) in [6.07, 6.45) is -0.191. The Morgan fingerprint density at radius 3 is 2.06 bits per heavy atom. The Balaban J connectivity index is 4.70. The van der Waals surface area contributed by atoms with Gasteiger partial charge >= 0.3 is 11.9 Å². The Hall–Kier alpha value is -1.14. The van der Waals surface area contributed by atoms with Crippen molar-refractivity contribution >= 4 is 11.9 Å². The van der Waals surface area contributed by atoms with E-state index < -0.39 is 23.5 Å². The summed E-state index contributed by atoms with van der Waals surface area (Å²) in [6.45, 7) is 9.48. The van der Waals surface area contributed by atoms with E-state index in [9.17, 15) is 9.59 Å². The lowest BCUT2D eigenvalue weighted by atomic mass is 9.65. The van der Waals surface area contributed by atoms with Crippen molar-refractivity contribution in [3.05, 3.63) is 0 Å². The summed E-state index contributed by atoms with van der Waals surface area (Å²) in [5.41, 5.74) is -0.667. The second-order valence-electron chi connectivity index (χ2n) is 5.81. The van der Waals surface area contributed by atoms with Gasteiger partial charge in [-0.25, -0.2) is 14.5 Å². The molecule has 0 aliphatic rings. The number of hydrogen-bond donors (Lipinski definition) is 2. The summed E-state index contributed by atoms with van der Waals surface area (Å²) in [6, 6.07) is 0. The molecule has 0 bridgehead atoms. The summed E-state index contributed by atoms with van der Waals surface area (Å²) < 4.78 is 4.77. The zero-order valence-electron chi connectivity index (χ0n) is 11.5. The Kier molecular flexibility index (Phi) is 5.76. The largest absolute Gasteiger partial charge is 0.473 e. The molecule has 6 heteroatoms. The van der Waals surface area contributed by atoms with Gasteiger partial charge in [-0.2, -0.15) is 0 Å². The fourth-order valence-electron chi connectivity index (χ4n) is 1.63. The zero-order valence-corrected chi connectivity index (χ0v) is 11.5. The highest BCUT2D eigenvalue weighted by Crippen LogP contribution is 2.42. The first-order valence-corrected chi connectivity index (χ1v) is 5.74. The van der Waals surface area contributed by atoms with Gasteiger partial charge in [0.15, 0.2) is 0 Å². The Morgan fingerprint density at radius 1 is 1.22 bits per heavy atom. The molecule has 2 atom stereocenters. The fraction of sp³-hybridized carbons (Fsp3) is 0.833. The SMILES string of the molecule is CC(CC(C)(COO)C(C)(C)C)OC(=O)C(=O)O. The quantitative estimate of drug-likeness (QED) is 0.340. The number of hydrogen-bond acceptors (Lipinski definition) is 5. The van der Waals surface area contributed by atoms with Gasteiger partial charge in [0.1, 0.15) is 6.10 Å². The highest BCUT2D eigenvalue weighted by Gasteiger charge is 2.40. The summed E-state index contributed by atoms with van der Waals surface area (Å²) in [5.74, 6) is -2.89. The summed E-state index contributed by atoms with van der Waals surface area (Å²) in [4.78, 5) is 25.6. The molecule has 0 amide bonds. The maximum Gasteiger partial charge on any atom is 0.417 e. The molecule has 18 heavy (non-hydrogen) atoms. The predicted molar refractivity (Wildman–Crippen MR) is 63.9 cm³/mol. The molecular weight excluding hydrogens is 240 g/mol. The van der Waals surface area contributed by atoms with Crippen molar-refractivity contribution in [2.24, 2.45) is 10.8 Å². The molecule has 0 aliphatic heterocycles. The van der Waals surface area contributed by atoms with Crippen molar-refractivity contribution in [1.82, 2.24) is 0 Å². The van der Waals surface area contributed by atoms with Crippen LogP contribution in [0.25, 0.3) is 0 Å². The molecule has 0 aliphatic carbocycles. The van der Waals surface area contributed by atoms with Crippen LogP contribution in [0.2, 0.25) is 0 Å². The van der Waals surface area contributed by atoms with Gasteiger partial charge in [-0.05, 0) is 18.8 Å². The van der Waals surface area contributed by atoms with Gasteiger partial charge in [-0.1, -0.05) is 27.7 Å². The third kappa shape index (κ3) is 4.62. The smallest absolute Gasteiger partial charge is 0.417 e. The van der Waals surface area contributed by atoms with Crippen molar-refractivity contribution in [3.8, 4) is 0 Å². The maximum absolute atomic E-state index is 10.9. The Morgan fingerprint density at radius 2 is 1.72 bits per heavy atom. The van der Waals surface area contributed by atoms with Crippen molar-refractivity contribution in [1.29, 1.82) is 0 Å². The lowest BCUT2D eigenvalue weighted by Gasteiger charge is -2.42. The van der Waals surface area contributed by atoms with Crippen LogP contribution in [0.5, 0.6) is 0 Å². The zero-order chi connectivity index (χ0) is 14.6. The van der Waals surface area contributed by atoms with E-state index in [2.05, 4.69) is 4.89 Å². The van der Waals surface area contributed by atoms with Crippen LogP contribution in [0.1, 0.15) is 41.0 Å². The second kappa shape index (κ2) is 6.15. The number of carboxylic acids is 1. The van der Waals surface area contributed by atoms with Crippen LogP contribution in [0.4, 0.5) is 0 Å². The monoisotopic (exact) mass is 262 g/mol. The number of aliphatic carboxylic acids is 1. The lowest BCUT2D eigenvalue weighted by molar-refractivity contribution is -0.273. The van der Waals surface area contributed by atoms with Gasteiger partial charge in [0.25, 0.3) is 0 Å². The minimum Gasteiger partial charge on any atom is -0.473 e. The van der Waals surface area contributed by atoms with E-state index in [-0.39, 0.29) is 12.0 Å². The number of carbonyl (C=O) groups is 2. The third-order valence-electron chi connectivity index (χ3n) is 3.41. The lowest BCUT2D eigenvalue weighted by Crippen LogP contribution is -2.40. The standard InChI is InChI=1S/C12H22O6/c1-8(18-10(15)9(13)14)6-12(5,7-17-16)11(2,3)4/h8,16H,6-7H2,1-5H3,(H,13,14). The molecule has 0 aromatic heterocycles. The van der Waals surface area contributed by atoms with E-state index in [4.69, 9.17) is 15.1 Å². The van der Waals surface area contributed by atoms with Crippen LogP contribution in [0, 0.1) is 10.8 Å². The first-order chi connectivity index (χ1) is 8.03. The van der Waals surface area contributed by atoms with Crippen LogP contribution >= 0.6 is 0 Å². The van der Waals surface area contributed by atoms with Crippen molar-refractivity contribution in [2.75, 3.05) is 6.61 Å². The number of carbonyl (C=O) groups excluding carboxylic acids is 1. The van der Waals surface area contributed by atoms with Crippen LogP contribution in [-0.2, 0) is 19.2 Å². The van der Waals surface area contributed by atoms with Crippen LogP contribution in [-0.4, -0.2) is 35.0 Å². The summed E-state index contributed by atoms with van der Waals surface area (Å²) in [7, 11) is 0. The van der Waals surface area contributed by atoms with E-state index in [1.54, 1.807) is 6.92 Å². The van der Waals surface area contributed by atoms with Crippen molar-refractivity contribution in [3.63, 3.8) is 0 Å². The molecule has 0 saturated carbocycles. The Bertz CT molecular complexity index is 306. The molecule has 106 valence electrons. The van der Waals surface area contributed by atoms with Crippen LogP contribution in [0.3, 0.4) is 0 Å². The van der Waals surface area contributed by atoms with Gasteiger partial charge in [-0.3, -0.25) is 5.26 Å². The molecule has 0 aromatic carbocycles. The molecule has 0 rings (SSSR count). The molecule has 2 unspecified atom stereocenters. The molecular formula is C12H22O6.